The minimum atomic E-state index is -0.0621. The minimum absolute atomic E-state index is 0.0485. The standard InChI is InChI=1S/C13H17N5O/c19-13(10-5-1-3-7-14-10)15-9-12-17-16-11-6-2-4-8-18(11)12/h2,4,6,8,10,14H,1,3,5,7,9H2,(H,15,19)/t10-/m0/s1. The van der Waals surface area contributed by atoms with Crippen LogP contribution in [0.25, 0.3) is 5.65 Å². The van der Waals surface area contributed by atoms with E-state index in [-0.39, 0.29) is 11.9 Å². The number of piperidine rings is 1. The highest BCUT2D eigenvalue weighted by atomic mass is 16.2. The Kier molecular flexibility index (Phi) is 3.41. The molecule has 0 aromatic carbocycles. The van der Waals surface area contributed by atoms with Gasteiger partial charge in [0.1, 0.15) is 0 Å². The maximum atomic E-state index is 12.0. The van der Waals surface area contributed by atoms with E-state index in [1.165, 1.54) is 0 Å². The van der Waals surface area contributed by atoms with E-state index in [2.05, 4.69) is 20.8 Å². The molecule has 0 aliphatic carbocycles. The summed E-state index contributed by atoms with van der Waals surface area (Å²) in [5.74, 6) is 0.798. The van der Waals surface area contributed by atoms with Crippen LogP contribution in [0, 0.1) is 0 Å². The van der Waals surface area contributed by atoms with Crippen LogP contribution in [0.4, 0.5) is 0 Å². The molecule has 2 aromatic rings. The van der Waals surface area contributed by atoms with Gasteiger partial charge in [0.15, 0.2) is 11.5 Å². The Morgan fingerprint density at radius 2 is 2.37 bits per heavy atom. The second-order valence-corrected chi connectivity index (χ2v) is 4.77. The summed E-state index contributed by atoms with van der Waals surface area (Å²) >= 11 is 0. The predicted molar refractivity (Wildman–Crippen MR) is 70.5 cm³/mol. The van der Waals surface area contributed by atoms with Crippen LogP contribution in [0.3, 0.4) is 0 Å². The molecule has 2 N–H and O–H groups in total. The first-order valence-corrected chi connectivity index (χ1v) is 6.64. The number of carbonyl (C=O) groups excluding carboxylic acids is 1. The van der Waals surface area contributed by atoms with Crippen LogP contribution < -0.4 is 10.6 Å². The molecule has 1 aliphatic rings. The van der Waals surface area contributed by atoms with E-state index < -0.39 is 0 Å². The van der Waals surface area contributed by atoms with Crippen molar-refractivity contribution in [1.29, 1.82) is 0 Å². The highest BCUT2D eigenvalue weighted by Crippen LogP contribution is 2.07. The number of amides is 1. The molecule has 19 heavy (non-hydrogen) atoms. The van der Waals surface area contributed by atoms with Crippen molar-refractivity contribution in [2.75, 3.05) is 6.54 Å². The Hall–Kier alpha value is -1.95. The summed E-state index contributed by atoms with van der Waals surface area (Å²) in [5, 5.41) is 14.3. The largest absolute Gasteiger partial charge is 0.347 e. The van der Waals surface area contributed by atoms with Crippen LogP contribution in [0.5, 0.6) is 0 Å². The van der Waals surface area contributed by atoms with Gasteiger partial charge in [-0.3, -0.25) is 9.20 Å². The van der Waals surface area contributed by atoms with Crippen molar-refractivity contribution in [3.8, 4) is 0 Å². The quantitative estimate of drug-likeness (QED) is 0.841. The Balaban J connectivity index is 1.64. The maximum absolute atomic E-state index is 12.0. The van der Waals surface area contributed by atoms with Crippen LogP contribution in [0.1, 0.15) is 25.1 Å². The number of hydrogen-bond donors (Lipinski definition) is 2. The van der Waals surface area contributed by atoms with Crippen molar-refractivity contribution in [1.82, 2.24) is 25.2 Å². The maximum Gasteiger partial charge on any atom is 0.237 e. The van der Waals surface area contributed by atoms with E-state index in [1.807, 2.05) is 28.8 Å². The van der Waals surface area contributed by atoms with E-state index in [9.17, 15) is 4.79 Å². The average Bonchev–Trinajstić information content (AvgIpc) is 2.89. The number of nitrogens with zero attached hydrogens (tertiary/aromatic N) is 3. The van der Waals surface area contributed by atoms with Crippen LogP contribution in [-0.2, 0) is 11.3 Å². The van der Waals surface area contributed by atoms with Crippen LogP contribution in [-0.4, -0.2) is 33.1 Å². The van der Waals surface area contributed by atoms with Gasteiger partial charge in [0, 0.05) is 6.20 Å². The molecule has 0 unspecified atom stereocenters. The first kappa shape index (κ1) is 12.1. The number of pyridine rings is 1. The van der Waals surface area contributed by atoms with Gasteiger partial charge in [0.25, 0.3) is 0 Å². The van der Waals surface area contributed by atoms with E-state index in [0.717, 1.165) is 37.3 Å². The summed E-state index contributed by atoms with van der Waals surface area (Å²) in [5.41, 5.74) is 0.794. The second kappa shape index (κ2) is 5.36. The van der Waals surface area contributed by atoms with Crippen LogP contribution in [0.15, 0.2) is 24.4 Å². The molecule has 1 fully saturated rings. The van der Waals surface area contributed by atoms with Gasteiger partial charge in [-0.15, -0.1) is 10.2 Å². The summed E-state index contributed by atoms with van der Waals surface area (Å²) in [7, 11) is 0. The van der Waals surface area contributed by atoms with Gasteiger partial charge < -0.3 is 10.6 Å². The molecule has 1 aliphatic heterocycles. The lowest BCUT2D eigenvalue weighted by Crippen LogP contribution is -2.46. The van der Waals surface area contributed by atoms with Gasteiger partial charge in [0.2, 0.25) is 5.91 Å². The normalized spacial score (nSPS) is 19.5. The molecule has 0 bridgehead atoms. The average molecular weight is 259 g/mol. The van der Waals surface area contributed by atoms with Crippen molar-refractivity contribution in [3.63, 3.8) is 0 Å². The zero-order valence-electron chi connectivity index (χ0n) is 10.7. The molecule has 0 spiro atoms. The molecule has 0 saturated carbocycles. The number of nitrogens with one attached hydrogen (secondary N) is 2. The van der Waals surface area contributed by atoms with Crippen molar-refractivity contribution < 1.29 is 4.79 Å². The van der Waals surface area contributed by atoms with Gasteiger partial charge in [-0.05, 0) is 31.5 Å². The first-order chi connectivity index (χ1) is 9.34. The molecule has 3 rings (SSSR count). The highest BCUT2D eigenvalue weighted by molar-refractivity contribution is 5.81. The first-order valence-electron chi connectivity index (χ1n) is 6.64. The van der Waals surface area contributed by atoms with Crippen LogP contribution in [0.2, 0.25) is 0 Å². The molecule has 6 heteroatoms. The van der Waals surface area contributed by atoms with E-state index >= 15 is 0 Å². The molecule has 1 atom stereocenters. The third-order valence-corrected chi connectivity index (χ3v) is 3.43. The third-order valence-electron chi connectivity index (χ3n) is 3.43. The van der Waals surface area contributed by atoms with E-state index in [0.29, 0.717) is 6.54 Å². The Labute approximate surface area is 111 Å². The monoisotopic (exact) mass is 259 g/mol. The lowest BCUT2D eigenvalue weighted by Gasteiger charge is -2.22. The Morgan fingerprint density at radius 1 is 1.42 bits per heavy atom. The molecular formula is C13H17N5O. The summed E-state index contributed by atoms with van der Waals surface area (Å²) in [4.78, 5) is 12.0. The minimum Gasteiger partial charge on any atom is -0.347 e. The fourth-order valence-corrected chi connectivity index (χ4v) is 2.38. The smallest absolute Gasteiger partial charge is 0.237 e. The molecule has 1 amide bonds. The summed E-state index contributed by atoms with van der Waals surface area (Å²) in [6, 6.07) is 5.66. The van der Waals surface area contributed by atoms with Crippen molar-refractivity contribution >= 4 is 11.6 Å². The zero-order valence-corrected chi connectivity index (χ0v) is 10.7. The topological polar surface area (TPSA) is 71.3 Å². The number of rotatable bonds is 3. The third kappa shape index (κ3) is 2.58. The molecule has 3 heterocycles. The summed E-state index contributed by atoms with van der Waals surface area (Å²) < 4.78 is 1.88. The van der Waals surface area contributed by atoms with Crippen molar-refractivity contribution in [2.24, 2.45) is 0 Å². The van der Waals surface area contributed by atoms with Gasteiger partial charge in [0.05, 0.1) is 12.6 Å². The number of aromatic nitrogens is 3. The van der Waals surface area contributed by atoms with E-state index in [1.54, 1.807) is 0 Å². The van der Waals surface area contributed by atoms with E-state index in [4.69, 9.17) is 0 Å². The molecule has 100 valence electrons. The lowest BCUT2D eigenvalue weighted by molar-refractivity contribution is -0.123. The number of hydrogen-bond acceptors (Lipinski definition) is 4. The SMILES string of the molecule is O=C(NCc1nnc2ccccn12)[C@@H]1CCCCN1. The Bertz CT molecular complexity index is 573. The lowest BCUT2D eigenvalue weighted by atomic mass is 10.0. The zero-order chi connectivity index (χ0) is 13.1. The van der Waals surface area contributed by atoms with Crippen molar-refractivity contribution in [2.45, 2.75) is 31.8 Å². The summed E-state index contributed by atoms with van der Waals surface area (Å²) in [6.45, 7) is 1.33. The highest BCUT2D eigenvalue weighted by Gasteiger charge is 2.20. The summed E-state index contributed by atoms with van der Waals surface area (Å²) in [6.07, 6.45) is 5.07. The van der Waals surface area contributed by atoms with Gasteiger partial charge in [-0.2, -0.15) is 0 Å². The molecule has 2 aromatic heterocycles. The number of carbonyl (C=O) groups is 1. The molecule has 0 radical (unpaired) electrons. The predicted octanol–water partition coefficient (Wildman–Crippen LogP) is 0.488. The van der Waals surface area contributed by atoms with Gasteiger partial charge >= 0.3 is 0 Å². The van der Waals surface area contributed by atoms with Gasteiger partial charge in [-0.25, -0.2) is 0 Å². The molecule has 6 nitrogen and oxygen atoms in total. The fraction of sp³-hybridized carbons (Fsp3) is 0.462. The second-order valence-electron chi connectivity index (χ2n) is 4.77. The van der Waals surface area contributed by atoms with Crippen molar-refractivity contribution in [3.05, 3.63) is 30.2 Å². The van der Waals surface area contributed by atoms with Crippen LogP contribution >= 0.6 is 0 Å². The number of fused-ring (bicyclic) bond motifs is 1. The molecular weight excluding hydrogens is 242 g/mol. The Morgan fingerprint density at radius 3 is 3.21 bits per heavy atom. The van der Waals surface area contributed by atoms with Gasteiger partial charge in [-0.1, -0.05) is 12.5 Å². The molecule has 1 saturated heterocycles. The fourth-order valence-electron chi connectivity index (χ4n) is 2.38.